The summed E-state index contributed by atoms with van der Waals surface area (Å²) in [5.41, 5.74) is 7.25. The molecule has 1 aromatic heterocycles. The lowest BCUT2D eigenvalue weighted by molar-refractivity contribution is 0.00902. The molecule has 0 bridgehead atoms. The predicted octanol–water partition coefficient (Wildman–Crippen LogP) is 1.77. The first-order chi connectivity index (χ1) is 7.77. The first kappa shape index (κ1) is 11.6. The van der Waals surface area contributed by atoms with Gasteiger partial charge in [0.05, 0.1) is 11.8 Å². The van der Waals surface area contributed by atoms with Crippen molar-refractivity contribution in [3.8, 4) is 0 Å². The topological polar surface area (TPSA) is 53.1 Å². The van der Waals surface area contributed by atoms with Crippen LogP contribution >= 0.6 is 0 Å². The molecular weight excluding hydrogens is 202 g/mol. The molecule has 4 heteroatoms. The molecule has 2 atom stereocenters. The van der Waals surface area contributed by atoms with Crippen molar-refractivity contribution < 1.29 is 4.74 Å². The van der Waals surface area contributed by atoms with Gasteiger partial charge in [-0.05, 0) is 38.2 Å². The summed E-state index contributed by atoms with van der Waals surface area (Å²) >= 11 is 0. The molecule has 0 aliphatic carbocycles. The third kappa shape index (κ3) is 2.83. The maximum atomic E-state index is 6.14. The van der Waals surface area contributed by atoms with E-state index in [1.165, 1.54) is 19.3 Å². The van der Waals surface area contributed by atoms with Crippen molar-refractivity contribution in [2.24, 2.45) is 12.8 Å². The number of aromatic nitrogens is 2. The fraction of sp³-hybridized carbons (Fsp3) is 0.750. The van der Waals surface area contributed by atoms with Gasteiger partial charge < -0.3 is 10.5 Å². The van der Waals surface area contributed by atoms with Crippen LogP contribution in [0, 0.1) is 0 Å². The molecule has 1 aliphatic rings. The molecule has 90 valence electrons. The van der Waals surface area contributed by atoms with E-state index in [0.717, 1.165) is 25.1 Å². The molecule has 2 heterocycles. The summed E-state index contributed by atoms with van der Waals surface area (Å²) in [6.45, 7) is 0.922. The molecule has 0 spiro atoms. The van der Waals surface area contributed by atoms with Gasteiger partial charge in [-0.15, -0.1) is 0 Å². The minimum absolute atomic E-state index is 0.0815. The van der Waals surface area contributed by atoms with Gasteiger partial charge in [0.15, 0.2) is 0 Å². The predicted molar refractivity (Wildman–Crippen MR) is 63.0 cm³/mol. The van der Waals surface area contributed by atoms with Gasteiger partial charge in [-0.2, -0.15) is 5.10 Å². The first-order valence-electron chi connectivity index (χ1n) is 6.12. The Balaban J connectivity index is 1.79. The van der Waals surface area contributed by atoms with Crippen LogP contribution in [0.5, 0.6) is 0 Å². The van der Waals surface area contributed by atoms with E-state index in [-0.39, 0.29) is 6.04 Å². The van der Waals surface area contributed by atoms with Gasteiger partial charge in [0, 0.05) is 25.9 Å². The van der Waals surface area contributed by atoms with E-state index in [1.807, 2.05) is 17.8 Å². The Morgan fingerprint density at radius 2 is 2.50 bits per heavy atom. The van der Waals surface area contributed by atoms with Crippen molar-refractivity contribution in [1.82, 2.24) is 9.78 Å². The van der Waals surface area contributed by atoms with E-state index in [4.69, 9.17) is 10.5 Å². The average Bonchev–Trinajstić information content (AvgIpc) is 2.74. The van der Waals surface area contributed by atoms with Crippen LogP contribution in [-0.2, 0) is 11.8 Å². The SMILES string of the molecule is Cn1nccc1C(N)CCC1CCCCO1. The highest BCUT2D eigenvalue weighted by Crippen LogP contribution is 2.21. The highest BCUT2D eigenvalue weighted by Gasteiger charge is 2.16. The molecule has 1 aromatic rings. The van der Waals surface area contributed by atoms with E-state index in [2.05, 4.69) is 5.10 Å². The lowest BCUT2D eigenvalue weighted by Gasteiger charge is -2.23. The van der Waals surface area contributed by atoms with Crippen LogP contribution in [0.4, 0.5) is 0 Å². The molecule has 4 nitrogen and oxygen atoms in total. The van der Waals surface area contributed by atoms with Gasteiger partial charge in [-0.1, -0.05) is 0 Å². The maximum absolute atomic E-state index is 6.14. The number of hydrogen-bond donors (Lipinski definition) is 1. The fourth-order valence-electron chi connectivity index (χ4n) is 2.30. The fourth-order valence-corrected chi connectivity index (χ4v) is 2.30. The van der Waals surface area contributed by atoms with Crippen LogP contribution in [0.15, 0.2) is 12.3 Å². The number of rotatable bonds is 4. The smallest absolute Gasteiger partial charge is 0.0575 e. The van der Waals surface area contributed by atoms with Crippen molar-refractivity contribution in [2.75, 3.05) is 6.61 Å². The zero-order valence-electron chi connectivity index (χ0n) is 9.93. The maximum Gasteiger partial charge on any atom is 0.0575 e. The lowest BCUT2D eigenvalue weighted by atomic mass is 10.0. The van der Waals surface area contributed by atoms with Gasteiger partial charge in [-0.25, -0.2) is 0 Å². The van der Waals surface area contributed by atoms with Gasteiger partial charge >= 0.3 is 0 Å². The Labute approximate surface area is 96.8 Å². The molecule has 1 aliphatic heterocycles. The number of nitrogens with two attached hydrogens (primary N) is 1. The number of hydrogen-bond acceptors (Lipinski definition) is 3. The van der Waals surface area contributed by atoms with Gasteiger partial charge in [0.1, 0.15) is 0 Å². The third-order valence-electron chi connectivity index (χ3n) is 3.31. The van der Waals surface area contributed by atoms with Gasteiger partial charge in [0.2, 0.25) is 0 Å². The van der Waals surface area contributed by atoms with Crippen molar-refractivity contribution >= 4 is 0 Å². The van der Waals surface area contributed by atoms with Crippen LogP contribution in [0.25, 0.3) is 0 Å². The monoisotopic (exact) mass is 223 g/mol. The minimum atomic E-state index is 0.0815. The highest BCUT2D eigenvalue weighted by molar-refractivity contribution is 5.05. The van der Waals surface area contributed by atoms with E-state index >= 15 is 0 Å². The summed E-state index contributed by atoms with van der Waals surface area (Å²) < 4.78 is 7.55. The molecule has 1 fully saturated rings. The van der Waals surface area contributed by atoms with E-state index in [1.54, 1.807) is 6.20 Å². The minimum Gasteiger partial charge on any atom is -0.378 e. The zero-order chi connectivity index (χ0) is 11.4. The van der Waals surface area contributed by atoms with E-state index < -0.39 is 0 Å². The molecule has 1 saturated heterocycles. The van der Waals surface area contributed by atoms with E-state index in [0.29, 0.717) is 6.10 Å². The Kier molecular flexibility index (Phi) is 3.96. The lowest BCUT2D eigenvalue weighted by Crippen LogP contribution is -2.22. The molecule has 0 aromatic carbocycles. The van der Waals surface area contributed by atoms with Crippen molar-refractivity contribution in [3.63, 3.8) is 0 Å². The van der Waals surface area contributed by atoms with Crippen LogP contribution in [0.2, 0.25) is 0 Å². The van der Waals surface area contributed by atoms with Crippen molar-refractivity contribution in [2.45, 2.75) is 44.2 Å². The van der Waals surface area contributed by atoms with Crippen molar-refractivity contribution in [3.05, 3.63) is 18.0 Å². The number of aryl methyl sites for hydroxylation is 1. The number of nitrogens with zero attached hydrogens (tertiary/aromatic N) is 2. The highest BCUT2D eigenvalue weighted by atomic mass is 16.5. The third-order valence-corrected chi connectivity index (χ3v) is 3.31. The molecule has 0 amide bonds. The molecule has 16 heavy (non-hydrogen) atoms. The second-order valence-corrected chi connectivity index (χ2v) is 4.55. The molecule has 0 saturated carbocycles. The van der Waals surface area contributed by atoms with Crippen LogP contribution < -0.4 is 5.73 Å². The zero-order valence-corrected chi connectivity index (χ0v) is 9.93. The summed E-state index contributed by atoms with van der Waals surface area (Å²) in [6, 6.07) is 2.07. The molecule has 2 rings (SSSR count). The van der Waals surface area contributed by atoms with E-state index in [9.17, 15) is 0 Å². The Morgan fingerprint density at radius 3 is 3.12 bits per heavy atom. The summed E-state index contributed by atoms with van der Waals surface area (Å²) in [6.07, 6.45) is 7.96. The number of ether oxygens (including phenoxy) is 1. The van der Waals surface area contributed by atoms with Crippen LogP contribution in [0.3, 0.4) is 0 Å². The standard InChI is InChI=1S/C12H21N3O/c1-15-12(7-8-14-15)11(13)6-5-10-4-2-3-9-16-10/h7-8,10-11H,2-6,9,13H2,1H3. The molecule has 2 unspecified atom stereocenters. The largest absolute Gasteiger partial charge is 0.378 e. The molecule has 0 radical (unpaired) electrons. The Bertz CT molecular complexity index is 318. The summed E-state index contributed by atoms with van der Waals surface area (Å²) in [5, 5.41) is 4.14. The van der Waals surface area contributed by atoms with Crippen molar-refractivity contribution in [1.29, 1.82) is 0 Å². The molecular formula is C12H21N3O. The summed E-state index contributed by atoms with van der Waals surface area (Å²) in [4.78, 5) is 0. The Hall–Kier alpha value is -0.870. The van der Waals surface area contributed by atoms with Gasteiger partial charge in [-0.3, -0.25) is 4.68 Å². The Morgan fingerprint density at radius 1 is 1.62 bits per heavy atom. The summed E-state index contributed by atoms with van der Waals surface area (Å²) in [7, 11) is 1.94. The summed E-state index contributed by atoms with van der Waals surface area (Å²) in [5.74, 6) is 0. The first-order valence-corrected chi connectivity index (χ1v) is 6.12. The van der Waals surface area contributed by atoms with Crippen LogP contribution in [0.1, 0.15) is 43.8 Å². The quantitative estimate of drug-likeness (QED) is 0.846. The van der Waals surface area contributed by atoms with Gasteiger partial charge in [0.25, 0.3) is 0 Å². The molecule has 2 N–H and O–H groups in total. The normalized spacial score (nSPS) is 23.2. The second kappa shape index (κ2) is 5.46. The van der Waals surface area contributed by atoms with Crippen LogP contribution in [-0.4, -0.2) is 22.5 Å². The second-order valence-electron chi connectivity index (χ2n) is 4.55. The average molecular weight is 223 g/mol.